The van der Waals surface area contributed by atoms with Gasteiger partial charge in [0.25, 0.3) is 5.56 Å². The number of aromatic nitrogens is 2. The van der Waals surface area contributed by atoms with E-state index in [4.69, 9.17) is 32.4 Å². The summed E-state index contributed by atoms with van der Waals surface area (Å²) < 4.78 is 26.8. The van der Waals surface area contributed by atoms with Crippen LogP contribution in [0.4, 0.5) is 4.39 Å². The van der Waals surface area contributed by atoms with E-state index < -0.39 is 0 Å². The summed E-state index contributed by atoms with van der Waals surface area (Å²) in [5, 5.41) is 6.51. The largest absolute Gasteiger partial charge is 0.487 e. The molecule has 0 unspecified atom stereocenters. The minimum atomic E-state index is -0.360. The molecular formula is C30H18Cl2FN3O3. The second-order valence-corrected chi connectivity index (χ2v) is 9.52. The second-order valence-electron chi connectivity index (χ2n) is 8.68. The van der Waals surface area contributed by atoms with Gasteiger partial charge in [0.05, 0.1) is 22.1 Å². The molecule has 0 saturated carbocycles. The Hall–Kier alpha value is -4.46. The lowest BCUT2D eigenvalue weighted by atomic mass is 10.2. The fourth-order valence-corrected chi connectivity index (χ4v) is 4.55. The number of para-hydroxylation sites is 1. The molecule has 9 heteroatoms. The van der Waals surface area contributed by atoms with Crippen LogP contribution in [0.1, 0.15) is 11.1 Å². The molecule has 0 bridgehead atoms. The van der Waals surface area contributed by atoms with E-state index >= 15 is 0 Å². The van der Waals surface area contributed by atoms with Crippen molar-refractivity contribution < 1.29 is 13.5 Å². The van der Waals surface area contributed by atoms with E-state index in [1.54, 1.807) is 78.9 Å². The van der Waals surface area contributed by atoms with Crippen LogP contribution in [0.2, 0.25) is 10.0 Å². The number of halogens is 3. The Morgan fingerprint density at radius 3 is 2.64 bits per heavy atom. The Labute approximate surface area is 231 Å². The molecule has 0 atom stereocenters. The van der Waals surface area contributed by atoms with Crippen LogP contribution in [0.25, 0.3) is 33.5 Å². The summed E-state index contributed by atoms with van der Waals surface area (Å²) in [5.74, 6) is 0.638. The molecule has 4 aromatic carbocycles. The summed E-state index contributed by atoms with van der Waals surface area (Å²) in [6, 6.07) is 25.5. The lowest BCUT2D eigenvalue weighted by Crippen LogP contribution is -2.20. The number of furan rings is 1. The lowest BCUT2D eigenvalue weighted by Gasteiger charge is -2.09. The Balaban J connectivity index is 1.36. The highest BCUT2D eigenvalue weighted by Crippen LogP contribution is 2.29. The van der Waals surface area contributed by atoms with Gasteiger partial charge in [0.2, 0.25) is 5.82 Å². The van der Waals surface area contributed by atoms with E-state index in [2.05, 4.69) is 10.1 Å². The Kier molecular flexibility index (Phi) is 6.60. The third kappa shape index (κ3) is 5.02. The van der Waals surface area contributed by atoms with E-state index in [1.807, 2.05) is 6.07 Å². The summed E-state index contributed by atoms with van der Waals surface area (Å²) >= 11 is 12.6. The van der Waals surface area contributed by atoms with Crippen molar-refractivity contribution in [1.82, 2.24) is 9.66 Å². The summed E-state index contributed by atoms with van der Waals surface area (Å²) in [4.78, 5) is 18.1. The first kappa shape index (κ1) is 24.9. The van der Waals surface area contributed by atoms with Crippen molar-refractivity contribution in [3.8, 4) is 17.3 Å². The number of hydrogen-bond donors (Lipinski definition) is 0. The number of nitrogens with zero attached hydrogens (tertiary/aromatic N) is 3. The van der Waals surface area contributed by atoms with Crippen LogP contribution in [0, 0.1) is 5.82 Å². The maximum atomic E-state index is 13.9. The summed E-state index contributed by atoms with van der Waals surface area (Å²) in [7, 11) is 0. The van der Waals surface area contributed by atoms with Gasteiger partial charge in [-0.1, -0.05) is 53.5 Å². The highest BCUT2D eigenvalue weighted by atomic mass is 35.5. The molecule has 0 aliphatic rings. The highest BCUT2D eigenvalue weighted by Gasteiger charge is 2.17. The average Bonchev–Trinajstić information content (AvgIpc) is 3.36. The van der Waals surface area contributed by atoms with Gasteiger partial charge in [-0.25, -0.2) is 9.37 Å². The van der Waals surface area contributed by atoms with Crippen molar-refractivity contribution in [1.29, 1.82) is 0 Å². The minimum absolute atomic E-state index is 0.0318. The Bertz CT molecular complexity index is 1950. The average molecular weight is 558 g/mol. The SMILES string of the molecule is O=c1c2ccccc2nc(-c2cc3cc(Cl)ccc3o2)n1N=Cc1ccc(OCc2ccccc2F)c(Cl)c1. The van der Waals surface area contributed by atoms with E-state index in [1.165, 1.54) is 17.0 Å². The monoisotopic (exact) mass is 557 g/mol. The predicted octanol–water partition coefficient (Wildman–Crippen LogP) is 7.72. The van der Waals surface area contributed by atoms with Crippen LogP contribution >= 0.6 is 23.2 Å². The van der Waals surface area contributed by atoms with E-state index in [0.717, 1.165) is 5.39 Å². The van der Waals surface area contributed by atoms with Crippen LogP contribution in [0.5, 0.6) is 5.75 Å². The van der Waals surface area contributed by atoms with Crippen molar-refractivity contribution in [2.75, 3.05) is 0 Å². The molecule has 0 amide bonds. The molecule has 0 saturated heterocycles. The van der Waals surface area contributed by atoms with Crippen LogP contribution in [-0.4, -0.2) is 15.9 Å². The minimum Gasteiger partial charge on any atom is -0.487 e. The number of benzene rings is 4. The maximum absolute atomic E-state index is 13.9. The Morgan fingerprint density at radius 1 is 0.974 bits per heavy atom. The predicted molar refractivity (Wildman–Crippen MR) is 151 cm³/mol. The van der Waals surface area contributed by atoms with Gasteiger partial charge in [0.15, 0.2) is 5.76 Å². The van der Waals surface area contributed by atoms with Crippen molar-refractivity contribution in [2.45, 2.75) is 6.61 Å². The number of fused-ring (bicyclic) bond motifs is 2. The molecule has 0 aliphatic carbocycles. The van der Waals surface area contributed by atoms with Crippen LogP contribution < -0.4 is 10.3 Å². The topological polar surface area (TPSA) is 69.6 Å². The van der Waals surface area contributed by atoms with Crippen molar-refractivity contribution in [2.24, 2.45) is 5.10 Å². The van der Waals surface area contributed by atoms with Crippen LogP contribution in [0.15, 0.2) is 105 Å². The first-order valence-corrected chi connectivity index (χ1v) is 12.6. The van der Waals surface area contributed by atoms with Crippen molar-refractivity contribution >= 4 is 51.3 Å². The van der Waals surface area contributed by atoms with Gasteiger partial charge in [0.1, 0.15) is 23.8 Å². The molecule has 0 radical (unpaired) electrons. The second kappa shape index (κ2) is 10.4. The number of ether oxygens (including phenoxy) is 1. The summed E-state index contributed by atoms with van der Waals surface area (Å²) in [6.07, 6.45) is 1.49. The number of hydrogen-bond acceptors (Lipinski definition) is 5. The molecule has 6 rings (SSSR count). The van der Waals surface area contributed by atoms with Gasteiger partial charge in [0, 0.05) is 16.0 Å². The smallest absolute Gasteiger partial charge is 0.282 e. The molecule has 2 aromatic heterocycles. The van der Waals surface area contributed by atoms with Gasteiger partial charge >= 0.3 is 0 Å². The van der Waals surface area contributed by atoms with Gasteiger partial charge in [-0.2, -0.15) is 9.78 Å². The quantitative estimate of drug-likeness (QED) is 0.196. The highest BCUT2D eigenvalue weighted by molar-refractivity contribution is 6.32. The maximum Gasteiger partial charge on any atom is 0.282 e. The van der Waals surface area contributed by atoms with E-state index in [0.29, 0.717) is 49.2 Å². The third-order valence-corrected chi connectivity index (χ3v) is 6.60. The van der Waals surface area contributed by atoms with Gasteiger partial charge in [-0.15, -0.1) is 0 Å². The first-order chi connectivity index (χ1) is 19.0. The lowest BCUT2D eigenvalue weighted by molar-refractivity contribution is 0.300. The molecule has 0 spiro atoms. The zero-order valence-corrected chi connectivity index (χ0v) is 21.7. The van der Waals surface area contributed by atoms with Crippen LogP contribution in [0.3, 0.4) is 0 Å². The molecular weight excluding hydrogens is 540 g/mol. The molecule has 2 heterocycles. The fraction of sp³-hybridized carbons (Fsp3) is 0.0333. The van der Waals surface area contributed by atoms with E-state index in [-0.39, 0.29) is 23.8 Å². The normalized spacial score (nSPS) is 11.6. The molecule has 39 heavy (non-hydrogen) atoms. The van der Waals surface area contributed by atoms with Gasteiger partial charge in [-0.3, -0.25) is 4.79 Å². The zero-order valence-electron chi connectivity index (χ0n) is 20.1. The zero-order chi connectivity index (χ0) is 26.9. The third-order valence-electron chi connectivity index (χ3n) is 6.07. The standard InChI is InChI=1S/C30H18Cl2FN3O3/c31-21-10-12-26-20(14-21)15-28(39-26)29-35-25-8-4-2-6-22(25)30(37)36(29)34-16-18-9-11-27(23(32)13-18)38-17-19-5-1-3-7-24(19)33/h1-16H,17H2. The van der Waals surface area contributed by atoms with Crippen LogP contribution in [-0.2, 0) is 6.61 Å². The van der Waals surface area contributed by atoms with Crippen molar-refractivity contribution in [3.63, 3.8) is 0 Å². The first-order valence-electron chi connectivity index (χ1n) is 11.9. The summed E-state index contributed by atoms with van der Waals surface area (Å²) in [6.45, 7) is 0.0318. The Morgan fingerprint density at radius 2 is 1.79 bits per heavy atom. The summed E-state index contributed by atoms with van der Waals surface area (Å²) in [5.41, 5.74) is 1.79. The molecule has 6 nitrogen and oxygen atoms in total. The molecule has 0 N–H and O–H groups in total. The molecule has 0 aliphatic heterocycles. The molecule has 6 aromatic rings. The number of rotatable bonds is 6. The molecule has 192 valence electrons. The van der Waals surface area contributed by atoms with Crippen molar-refractivity contribution in [3.05, 3.63) is 128 Å². The van der Waals surface area contributed by atoms with Gasteiger partial charge in [-0.05, 0) is 66.2 Å². The van der Waals surface area contributed by atoms with Gasteiger partial charge < -0.3 is 9.15 Å². The van der Waals surface area contributed by atoms with E-state index in [9.17, 15) is 9.18 Å². The molecule has 0 fully saturated rings. The fourth-order valence-electron chi connectivity index (χ4n) is 4.12.